The molecule has 0 atom stereocenters. The molecule has 0 radical (unpaired) electrons. The van der Waals surface area contributed by atoms with Crippen molar-refractivity contribution in [3.63, 3.8) is 0 Å². The molecule has 0 saturated carbocycles. The van der Waals surface area contributed by atoms with E-state index in [-0.39, 0.29) is 12.4 Å². The molecule has 5 aromatic rings. The van der Waals surface area contributed by atoms with Crippen LogP contribution in [0.15, 0.2) is 48.9 Å². The molecule has 0 unspecified atom stereocenters. The molecule has 5 heterocycles. The van der Waals surface area contributed by atoms with Gasteiger partial charge in [-0.2, -0.15) is 5.10 Å². The van der Waals surface area contributed by atoms with Gasteiger partial charge in [-0.15, -0.1) is 12.4 Å². The molecular formula is C25H27ClN8. The molecule has 0 amide bonds. The highest BCUT2D eigenvalue weighted by Gasteiger charge is 2.16. The van der Waals surface area contributed by atoms with Gasteiger partial charge in [0.1, 0.15) is 11.2 Å². The highest BCUT2D eigenvalue weighted by molar-refractivity contribution is 6.05. The number of nitrogens with zero attached hydrogens (tertiary/aromatic N) is 7. The van der Waals surface area contributed by atoms with Crippen molar-refractivity contribution in [1.82, 2.24) is 34.6 Å². The summed E-state index contributed by atoms with van der Waals surface area (Å²) >= 11 is 0. The highest BCUT2D eigenvalue weighted by atomic mass is 35.5. The van der Waals surface area contributed by atoms with Crippen LogP contribution in [0.25, 0.3) is 44.6 Å². The van der Waals surface area contributed by atoms with Crippen LogP contribution in [0.2, 0.25) is 0 Å². The molecule has 1 aliphatic rings. The molecule has 174 valence electrons. The SMILES string of the molecule is Cc1nc(-c2cnn(C)c2)nc2c1[nH]c1ncc(-c3ccc(N4CCN(C)CC4)cc3)cc12.Cl. The molecule has 1 saturated heterocycles. The summed E-state index contributed by atoms with van der Waals surface area (Å²) in [6.07, 6.45) is 5.65. The van der Waals surface area contributed by atoms with Crippen molar-refractivity contribution < 1.29 is 0 Å². The summed E-state index contributed by atoms with van der Waals surface area (Å²) < 4.78 is 1.76. The van der Waals surface area contributed by atoms with Gasteiger partial charge in [0.15, 0.2) is 5.82 Å². The van der Waals surface area contributed by atoms with E-state index < -0.39 is 0 Å². The molecule has 1 aliphatic heterocycles. The number of nitrogens with one attached hydrogen (secondary N) is 1. The Kier molecular flexibility index (Phi) is 5.71. The fourth-order valence-electron chi connectivity index (χ4n) is 4.53. The highest BCUT2D eigenvalue weighted by Crippen LogP contribution is 2.31. The number of halogens is 1. The fraction of sp³-hybridized carbons (Fsp3) is 0.280. The molecule has 8 nitrogen and oxygen atoms in total. The molecule has 1 N–H and O–H groups in total. The first kappa shape index (κ1) is 22.3. The maximum atomic E-state index is 4.88. The third kappa shape index (κ3) is 3.89. The number of aryl methyl sites for hydroxylation is 2. The van der Waals surface area contributed by atoms with Crippen LogP contribution in [0.1, 0.15) is 5.69 Å². The van der Waals surface area contributed by atoms with Gasteiger partial charge in [-0.3, -0.25) is 4.68 Å². The number of hydrogen-bond acceptors (Lipinski definition) is 6. The number of hydrogen-bond donors (Lipinski definition) is 1. The first-order chi connectivity index (χ1) is 16.0. The minimum Gasteiger partial charge on any atom is -0.369 e. The van der Waals surface area contributed by atoms with Gasteiger partial charge in [-0.25, -0.2) is 15.0 Å². The first-order valence-corrected chi connectivity index (χ1v) is 11.2. The maximum Gasteiger partial charge on any atom is 0.163 e. The number of aromatic nitrogens is 6. The summed E-state index contributed by atoms with van der Waals surface area (Å²) in [6, 6.07) is 11.0. The number of likely N-dealkylation sites (N-methyl/N-ethyl adjacent to an activating group) is 1. The summed E-state index contributed by atoms with van der Waals surface area (Å²) in [4.78, 5) is 22.5. The molecule has 0 bridgehead atoms. The normalized spacial score (nSPS) is 14.6. The second kappa shape index (κ2) is 8.70. The molecule has 4 aromatic heterocycles. The lowest BCUT2D eigenvalue weighted by Crippen LogP contribution is -2.44. The number of H-pyrrole nitrogens is 1. The Morgan fingerprint density at radius 1 is 0.882 bits per heavy atom. The second-order valence-electron chi connectivity index (χ2n) is 8.84. The summed E-state index contributed by atoms with van der Waals surface area (Å²) in [5.41, 5.74) is 7.94. The van der Waals surface area contributed by atoms with Crippen LogP contribution in [0.5, 0.6) is 0 Å². The van der Waals surface area contributed by atoms with Crippen molar-refractivity contribution in [2.24, 2.45) is 7.05 Å². The predicted octanol–water partition coefficient (Wildman–Crippen LogP) is 4.06. The van der Waals surface area contributed by atoms with Gasteiger partial charge >= 0.3 is 0 Å². The summed E-state index contributed by atoms with van der Waals surface area (Å²) in [7, 11) is 4.08. The van der Waals surface area contributed by atoms with Crippen LogP contribution in [0.3, 0.4) is 0 Å². The quantitative estimate of drug-likeness (QED) is 0.425. The number of rotatable bonds is 3. The van der Waals surface area contributed by atoms with E-state index in [0.29, 0.717) is 5.82 Å². The number of fused-ring (bicyclic) bond motifs is 3. The Morgan fingerprint density at radius 2 is 1.65 bits per heavy atom. The molecule has 1 aromatic carbocycles. The zero-order chi connectivity index (χ0) is 22.5. The zero-order valence-corrected chi connectivity index (χ0v) is 20.3. The van der Waals surface area contributed by atoms with E-state index in [1.54, 1.807) is 10.9 Å². The van der Waals surface area contributed by atoms with Gasteiger partial charge in [-0.05, 0) is 37.7 Å². The van der Waals surface area contributed by atoms with Gasteiger partial charge in [-0.1, -0.05) is 12.1 Å². The molecule has 0 spiro atoms. The van der Waals surface area contributed by atoms with E-state index in [1.807, 2.05) is 26.4 Å². The second-order valence-corrected chi connectivity index (χ2v) is 8.84. The molecule has 34 heavy (non-hydrogen) atoms. The third-order valence-electron chi connectivity index (χ3n) is 6.51. The van der Waals surface area contributed by atoms with Gasteiger partial charge in [0, 0.05) is 62.3 Å². The van der Waals surface area contributed by atoms with Crippen LogP contribution in [0.4, 0.5) is 5.69 Å². The van der Waals surface area contributed by atoms with E-state index >= 15 is 0 Å². The molecule has 1 fully saturated rings. The monoisotopic (exact) mass is 474 g/mol. The van der Waals surface area contributed by atoms with E-state index in [2.05, 4.69) is 62.2 Å². The average Bonchev–Trinajstić information content (AvgIpc) is 3.43. The fourth-order valence-corrected chi connectivity index (χ4v) is 4.53. The van der Waals surface area contributed by atoms with Crippen molar-refractivity contribution in [2.45, 2.75) is 6.92 Å². The number of piperazine rings is 1. The smallest absolute Gasteiger partial charge is 0.163 e. The van der Waals surface area contributed by atoms with Crippen molar-refractivity contribution in [2.75, 3.05) is 38.1 Å². The minimum absolute atomic E-state index is 0. The lowest BCUT2D eigenvalue weighted by Gasteiger charge is -2.34. The lowest BCUT2D eigenvalue weighted by molar-refractivity contribution is 0.313. The summed E-state index contributed by atoms with van der Waals surface area (Å²) in [6.45, 7) is 6.34. The van der Waals surface area contributed by atoms with Gasteiger partial charge in [0.2, 0.25) is 0 Å². The Hall–Kier alpha value is -3.49. The zero-order valence-electron chi connectivity index (χ0n) is 19.5. The average molecular weight is 475 g/mol. The molecule has 0 aliphatic carbocycles. The Bertz CT molecular complexity index is 1460. The lowest BCUT2D eigenvalue weighted by atomic mass is 10.1. The van der Waals surface area contributed by atoms with E-state index in [1.165, 1.54) is 5.69 Å². The van der Waals surface area contributed by atoms with Crippen LogP contribution >= 0.6 is 12.4 Å². The largest absolute Gasteiger partial charge is 0.369 e. The maximum absolute atomic E-state index is 4.88. The number of pyridine rings is 1. The van der Waals surface area contributed by atoms with Gasteiger partial charge < -0.3 is 14.8 Å². The van der Waals surface area contributed by atoms with Crippen LogP contribution in [-0.2, 0) is 7.05 Å². The standard InChI is InChI=1S/C25H26N8.ClH/c1-16-22-23(30-24(28-16)19-14-27-32(3)15-19)21-12-18(13-26-25(21)29-22)17-4-6-20(7-5-17)33-10-8-31(2)9-11-33;/h4-7,12-15H,8-11H2,1-3H3,(H,26,29);1H. The van der Waals surface area contributed by atoms with E-state index in [0.717, 1.165) is 70.6 Å². The Morgan fingerprint density at radius 3 is 2.35 bits per heavy atom. The molecule has 6 rings (SSSR count). The molecule has 9 heteroatoms. The van der Waals surface area contributed by atoms with Crippen LogP contribution in [0, 0.1) is 6.92 Å². The van der Waals surface area contributed by atoms with E-state index in [9.17, 15) is 0 Å². The van der Waals surface area contributed by atoms with Crippen molar-refractivity contribution in [1.29, 1.82) is 0 Å². The van der Waals surface area contributed by atoms with Crippen molar-refractivity contribution >= 4 is 40.2 Å². The summed E-state index contributed by atoms with van der Waals surface area (Å²) in [5, 5.41) is 5.26. The third-order valence-corrected chi connectivity index (χ3v) is 6.51. The minimum atomic E-state index is 0. The van der Waals surface area contributed by atoms with Gasteiger partial charge in [0.05, 0.1) is 23.0 Å². The number of aromatic amines is 1. The topological polar surface area (TPSA) is 78.8 Å². The van der Waals surface area contributed by atoms with Crippen LogP contribution < -0.4 is 4.90 Å². The van der Waals surface area contributed by atoms with Crippen LogP contribution in [-0.4, -0.2) is 67.8 Å². The van der Waals surface area contributed by atoms with Gasteiger partial charge in [0.25, 0.3) is 0 Å². The number of benzene rings is 1. The first-order valence-electron chi connectivity index (χ1n) is 11.2. The van der Waals surface area contributed by atoms with E-state index in [4.69, 9.17) is 9.97 Å². The molecular weight excluding hydrogens is 448 g/mol. The Labute approximate surface area is 204 Å². The number of anilines is 1. The predicted molar refractivity (Wildman–Crippen MR) is 139 cm³/mol. The summed E-state index contributed by atoms with van der Waals surface area (Å²) in [5.74, 6) is 0.677. The van der Waals surface area contributed by atoms with Crippen molar-refractivity contribution in [3.8, 4) is 22.5 Å². The Balaban J connectivity index is 0.00000241. The van der Waals surface area contributed by atoms with Crippen molar-refractivity contribution in [3.05, 3.63) is 54.6 Å².